The van der Waals surface area contributed by atoms with Gasteiger partial charge in [-0.25, -0.2) is 9.59 Å². The molecule has 4 nitrogen and oxygen atoms in total. The molecule has 0 radical (unpaired) electrons. The average molecular weight is 235 g/mol. The van der Waals surface area contributed by atoms with Gasteiger partial charge in [-0.3, -0.25) is 0 Å². The van der Waals surface area contributed by atoms with Gasteiger partial charge < -0.3 is 9.84 Å². The molecule has 14 heavy (non-hydrogen) atoms. The summed E-state index contributed by atoms with van der Waals surface area (Å²) in [6.07, 6.45) is 0. The van der Waals surface area contributed by atoms with Gasteiger partial charge in [0.25, 0.3) is 0 Å². The van der Waals surface area contributed by atoms with Crippen LogP contribution in [0.25, 0.3) is 0 Å². The number of rotatable bonds is 3. The molecule has 1 heterocycles. The number of carbonyl (C=O) groups is 2. The van der Waals surface area contributed by atoms with E-state index < -0.39 is 11.9 Å². The Bertz CT molecular complexity index is 371. The average Bonchev–Trinajstić information content (AvgIpc) is 2.47. The maximum Gasteiger partial charge on any atom is 0.347 e. The van der Waals surface area contributed by atoms with Crippen molar-refractivity contribution < 1.29 is 19.4 Å². The van der Waals surface area contributed by atoms with Crippen LogP contribution in [0, 0.1) is 0 Å². The first-order valence-electron chi connectivity index (χ1n) is 3.75. The van der Waals surface area contributed by atoms with Gasteiger partial charge in [-0.15, -0.1) is 11.3 Å². The molecule has 1 aromatic heterocycles. The van der Waals surface area contributed by atoms with Crippen molar-refractivity contribution in [3.8, 4) is 0 Å². The molecular weight excluding hydrogens is 228 g/mol. The summed E-state index contributed by atoms with van der Waals surface area (Å²) in [7, 11) is 0. The highest BCUT2D eigenvalue weighted by molar-refractivity contribution is 7.13. The summed E-state index contributed by atoms with van der Waals surface area (Å²) in [6.45, 7) is 1.89. The zero-order valence-electron chi connectivity index (χ0n) is 7.24. The number of aromatic carboxylic acids is 1. The fourth-order valence-corrected chi connectivity index (χ4v) is 2.01. The summed E-state index contributed by atoms with van der Waals surface area (Å²) in [5.74, 6) is -1.74. The van der Waals surface area contributed by atoms with Crippen LogP contribution in [0.2, 0.25) is 5.02 Å². The van der Waals surface area contributed by atoms with Gasteiger partial charge in [0.05, 0.1) is 17.2 Å². The van der Waals surface area contributed by atoms with E-state index in [1.807, 2.05) is 0 Å². The number of hydrogen-bond acceptors (Lipinski definition) is 4. The summed E-state index contributed by atoms with van der Waals surface area (Å²) < 4.78 is 4.69. The lowest BCUT2D eigenvalue weighted by molar-refractivity contribution is 0.0527. The number of carboxylic acid groups (broad SMARTS) is 1. The Labute approximate surface area is 89.1 Å². The molecule has 6 heteroatoms. The van der Waals surface area contributed by atoms with Gasteiger partial charge in [-0.2, -0.15) is 0 Å². The van der Waals surface area contributed by atoms with Gasteiger partial charge in [-0.1, -0.05) is 11.6 Å². The predicted molar refractivity (Wildman–Crippen MR) is 52.2 cm³/mol. The fraction of sp³-hybridized carbons (Fsp3) is 0.250. The van der Waals surface area contributed by atoms with Gasteiger partial charge in [0.15, 0.2) is 0 Å². The second-order valence-electron chi connectivity index (χ2n) is 2.32. The zero-order chi connectivity index (χ0) is 10.7. The molecule has 0 saturated carbocycles. The minimum atomic E-state index is -1.14. The van der Waals surface area contributed by atoms with Gasteiger partial charge in [0, 0.05) is 5.38 Å². The second-order valence-corrected chi connectivity index (χ2v) is 3.58. The predicted octanol–water partition coefficient (Wildman–Crippen LogP) is 2.28. The molecule has 1 N–H and O–H groups in total. The Morgan fingerprint density at radius 2 is 2.29 bits per heavy atom. The van der Waals surface area contributed by atoms with E-state index >= 15 is 0 Å². The Hall–Kier alpha value is -1.07. The van der Waals surface area contributed by atoms with Crippen LogP contribution in [0.4, 0.5) is 0 Å². The van der Waals surface area contributed by atoms with Crippen LogP contribution in [0.5, 0.6) is 0 Å². The molecule has 76 valence electrons. The van der Waals surface area contributed by atoms with E-state index in [1.165, 1.54) is 5.38 Å². The van der Waals surface area contributed by atoms with Crippen LogP contribution in [0.3, 0.4) is 0 Å². The first kappa shape index (κ1) is 11.0. The van der Waals surface area contributed by atoms with Gasteiger partial charge in [0.1, 0.15) is 4.88 Å². The third-order valence-corrected chi connectivity index (χ3v) is 2.89. The SMILES string of the molecule is CCOC(=O)c1csc(C(=O)O)c1Cl. The molecule has 0 unspecified atom stereocenters. The lowest BCUT2D eigenvalue weighted by atomic mass is 10.3. The second kappa shape index (κ2) is 4.43. The number of esters is 1. The van der Waals surface area contributed by atoms with Crippen LogP contribution >= 0.6 is 22.9 Å². The smallest absolute Gasteiger partial charge is 0.347 e. The Kier molecular flexibility index (Phi) is 3.49. The van der Waals surface area contributed by atoms with Gasteiger partial charge >= 0.3 is 11.9 Å². The molecule has 1 rings (SSSR count). The van der Waals surface area contributed by atoms with Crippen molar-refractivity contribution in [3.05, 3.63) is 20.8 Å². The highest BCUT2D eigenvalue weighted by Crippen LogP contribution is 2.28. The monoisotopic (exact) mass is 234 g/mol. The number of ether oxygens (including phenoxy) is 1. The largest absolute Gasteiger partial charge is 0.477 e. The summed E-state index contributed by atoms with van der Waals surface area (Å²) >= 11 is 6.58. The molecule has 0 aliphatic carbocycles. The van der Waals surface area contributed by atoms with E-state index in [1.54, 1.807) is 6.92 Å². The van der Waals surface area contributed by atoms with E-state index in [9.17, 15) is 9.59 Å². The van der Waals surface area contributed by atoms with E-state index in [4.69, 9.17) is 21.4 Å². The van der Waals surface area contributed by atoms with E-state index in [-0.39, 0.29) is 22.1 Å². The molecule has 1 aromatic rings. The zero-order valence-corrected chi connectivity index (χ0v) is 8.82. The molecule has 0 aliphatic rings. The van der Waals surface area contributed by atoms with Crippen molar-refractivity contribution in [2.24, 2.45) is 0 Å². The molecule has 0 aromatic carbocycles. The first-order valence-corrected chi connectivity index (χ1v) is 5.01. The maximum absolute atomic E-state index is 11.2. The van der Waals surface area contributed by atoms with Crippen LogP contribution in [-0.4, -0.2) is 23.7 Å². The van der Waals surface area contributed by atoms with Gasteiger partial charge in [-0.05, 0) is 6.92 Å². The van der Waals surface area contributed by atoms with E-state index in [2.05, 4.69) is 0 Å². The Morgan fingerprint density at radius 3 is 2.71 bits per heavy atom. The van der Waals surface area contributed by atoms with Crippen molar-refractivity contribution in [2.75, 3.05) is 6.61 Å². The van der Waals surface area contributed by atoms with E-state index in [0.717, 1.165) is 11.3 Å². The van der Waals surface area contributed by atoms with Crippen LogP contribution in [0.15, 0.2) is 5.38 Å². The summed E-state index contributed by atoms with van der Waals surface area (Å²) in [5, 5.41) is 9.99. The third-order valence-electron chi connectivity index (χ3n) is 1.42. The fourth-order valence-electron chi connectivity index (χ4n) is 0.834. The van der Waals surface area contributed by atoms with Gasteiger partial charge in [0.2, 0.25) is 0 Å². The maximum atomic E-state index is 11.2. The molecule has 0 amide bonds. The molecule has 0 spiro atoms. The first-order chi connectivity index (χ1) is 6.57. The third kappa shape index (κ3) is 2.05. The number of carbonyl (C=O) groups excluding carboxylic acids is 1. The molecule has 0 bridgehead atoms. The summed E-state index contributed by atoms with van der Waals surface area (Å²) in [6, 6.07) is 0. The summed E-state index contributed by atoms with van der Waals surface area (Å²) in [4.78, 5) is 21.8. The molecule has 0 aliphatic heterocycles. The van der Waals surface area contributed by atoms with Crippen molar-refractivity contribution in [1.29, 1.82) is 0 Å². The standard InChI is InChI=1S/C8H7ClO4S/c1-2-13-8(12)4-3-14-6(5(4)9)7(10)11/h3H,2H2,1H3,(H,10,11). The number of hydrogen-bond donors (Lipinski definition) is 1. The molecule has 0 atom stereocenters. The Morgan fingerprint density at radius 1 is 1.64 bits per heavy atom. The van der Waals surface area contributed by atoms with Crippen LogP contribution in [-0.2, 0) is 4.74 Å². The topological polar surface area (TPSA) is 63.6 Å². The van der Waals surface area contributed by atoms with Crippen molar-refractivity contribution in [2.45, 2.75) is 6.92 Å². The highest BCUT2D eigenvalue weighted by Gasteiger charge is 2.20. The normalized spacial score (nSPS) is 9.86. The lowest BCUT2D eigenvalue weighted by Crippen LogP contribution is -2.04. The highest BCUT2D eigenvalue weighted by atomic mass is 35.5. The lowest BCUT2D eigenvalue weighted by Gasteiger charge is -1.98. The molecular formula is C8H7ClO4S. The van der Waals surface area contributed by atoms with Crippen LogP contribution in [0.1, 0.15) is 27.0 Å². The molecule has 0 fully saturated rings. The minimum absolute atomic E-state index is 0.0466. The van der Waals surface area contributed by atoms with E-state index in [0.29, 0.717) is 0 Å². The van der Waals surface area contributed by atoms with Crippen LogP contribution < -0.4 is 0 Å². The Balaban J connectivity index is 3.00. The number of thiophene rings is 1. The quantitative estimate of drug-likeness (QED) is 0.815. The minimum Gasteiger partial charge on any atom is -0.477 e. The summed E-state index contributed by atoms with van der Waals surface area (Å²) in [5.41, 5.74) is 0.107. The molecule has 0 saturated heterocycles. The van der Waals surface area contributed by atoms with Crippen molar-refractivity contribution in [1.82, 2.24) is 0 Å². The number of halogens is 1. The van der Waals surface area contributed by atoms with Crippen molar-refractivity contribution >= 4 is 34.9 Å². The number of carboxylic acids is 1. The van der Waals surface area contributed by atoms with Crippen molar-refractivity contribution in [3.63, 3.8) is 0 Å².